The van der Waals surface area contributed by atoms with Gasteiger partial charge in [0, 0.05) is 26.4 Å². The average molecular weight is 250 g/mol. The summed E-state index contributed by atoms with van der Waals surface area (Å²) < 4.78 is 11.1. The van der Waals surface area contributed by atoms with Gasteiger partial charge in [-0.25, -0.2) is 0 Å². The van der Waals surface area contributed by atoms with Crippen molar-refractivity contribution in [3.63, 3.8) is 0 Å². The second-order valence-electron chi connectivity index (χ2n) is 4.05. The van der Waals surface area contributed by atoms with Crippen LogP contribution in [0.4, 0.5) is 0 Å². The molecule has 0 aromatic heterocycles. The second-order valence-corrected chi connectivity index (χ2v) is 9.37. The molecule has 0 saturated heterocycles. The Morgan fingerprint density at radius 1 is 1.33 bits per heavy atom. The smallest absolute Gasteiger partial charge is 0.331 e. The van der Waals surface area contributed by atoms with E-state index < -0.39 is 8.56 Å². The van der Waals surface area contributed by atoms with Gasteiger partial charge in [0.15, 0.2) is 0 Å². The Morgan fingerprint density at radius 3 is 2.67 bits per heavy atom. The minimum absolute atomic E-state index is 0.0508. The molecule has 92 valence electrons. The minimum atomic E-state index is -1.76. The Balaban J connectivity index is 3.11. The second kappa shape index (κ2) is 9.50. The Hall–Kier alpha value is 0.274. The summed E-state index contributed by atoms with van der Waals surface area (Å²) >= 11 is 0. The maximum atomic E-state index is 5.74. The van der Waals surface area contributed by atoms with E-state index in [0.29, 0.717) is 0 Å². The molecule has 0 unspecified atom stereocenters. The third-order valence-electron chi connectivity index (χ3n) is 2.26. The molecule has 0 aromatic carbocycles. The lowest BCUT2D eigenvalue weighted by Gasteiger charge is -2.19. The monoisotopic (exact) mass is 250 g/mol. The maximum absolute atomic E-state index is 5.74. The zero-order valence-electron chi connectivity index (χ0n) is 10.3. The highest BCUT2D eigenvalue weighted by Gasteiger charge is 2.21. The highest BCUT2D eigenvalue weighted by Crippen LogP contribution is 2.03. The van der Waals surface area contributed by atoms with E-state index in [0.717, 1.165) is 25.9 Å². The normalized spacial score (nSPS) is 12.8. The van der Waals surface area contributed by atoms with Gasteiger partial charge < -0.3 is 19.9 Å². The van der Waals surface area contributed by atoms with Gasteiger partial charge in [-0.05, 0) is 26.1 Å². The molecule has 4 nitrogen and oxygen atoms in total. The van der Waals surface area contributed by atoms with E-state index >= 15 is 0 Å². The number of hydrogen-bond acceptors (Lipinski definition) is 4. The van der Waals surface area contributed by atoms with Crippen LogP contribution in [0.1, 0.15) is 6.42 Å². The lowest BCUT2D eigenvalue weighted by molar-refractivity contribution is 0.244. The van der Waals surface area contributed by atoms with Crippen molar-refractivity contribution < 1.29 is 8.85 Å². The molecule has 0 amide bonds. The molecule has 0 saturated carbocycles. The summed E-state index contributed by atoms with van der Waals surface area (Å²) in [5.41, 5.74) is 5.37. The van der Waals surface area contributed by atoms with Crippen molar-refractivity contribution >= 4 is 18.1 Å². The standard InChI is InChI=1S/C9H26N2O2Si2/c1-12-15(2,3)13-9-14-8-4-6-11-7-5-10/h11H,4-10,14H2,1-3H3. The Bertz CT molecular complexity index is 148. The molecule has 0 spiro atoms. The van der Waals surface area contributed by atoms with Gasteiger partial charge in [0.25, 0.3) is 0 Å². The fourth-order valence-electron chi connectivity index (χ4n) is 1.13. The molecule has 3 N–H and O–H groups in total. The summed E-state index contributed by atoms with van der Waals surface area (Å²) in [4.78, 5) is 0. The molecule has 6 heteroatoms. The van der Waals surface area contributed by atoms with E-state index in [4.69, 9.17) is 14.6 Å². The fraction of sp³-hybridized carbons (Fsp3) is 1.00. The quantitative estimate of drug-likeness (QED) is 0.418. The molecule has 0 atom stereocenters. The first-order valence-corrected chi connectivity index (χ1v) is 10.5. The van der Waals surface area contributed by atoms with Crippen molar-refractivity contribution in [3.8, 4) is 0 Å². The lowest BCUT2D eigenvalue weighted by Crippen LogP contribution is -2.34. The summed E-state index contributed by atoms with van der Waals surface area (Å²) in [5.74, 6) is 0. The highest BCUT2D eigenvalue weighted by molar-refractivity contribution is 6.65. The first kappa shape index (κ1) is 15.3. The molecular weight excluding hydrogens is 224 g/mol. The first-order chi connectivity index (χ1) is 7.12. The Morgan fingerprint density at radius 2 is 2.07 bits per heavy atom. The summed E-state index contributed by atoms with van der Waals surface area (Å²) in [6.45, 7) is 6.93. The summed E-state index contributed by atoms with van der Waals surface area (Å²) in [7, 11) is -0.0661. The van der Waals surface area contributed by atoms with E-state index in [1.165, 1.54) is 12.5 Å². The van der Waals surface area contributed by atoms with Crippen LogP contribution in [-0.2, 0) is 8.85 Å². The number of nitrogens with two attached hydrogens (primary N) is 1. The summed E-state index contributed by atoms with van der Waals surface area (Å²) in [6, 6.07) is 1.34. The van der Waals surface area contributed by atoms with Crippen LogP contribution in [0.2, 0.25) is 19.1 Å². The van der Waals surface area contributed by atoms with Crippen molar-refractivity contribution in [1.29, 1.82) is 0 Å². The maximum Gasteiger partial charge on any atom is 0.331 e. The molecule has 15 heavy (non-hydrogen) atoms. The first-order valence-electron chi connectivity index (χ1n) is 5.72. The molecule has 0 aliphatic heterocycles. The number of hydrogen-bond donors (Lipinski definition) is 2. The van der Waals surface area contributed by atoms with Crippen molar-refractivity contribution in [2.45, 2.75) is 25.6 Å². The van der Waals surface area contributed by atoms with Gasteiger partial charge in [0.1, 0.15) is 0 Å². The van der Waals surface area contributed by atoms with Crippen molar-refractivity contribution in [3.05, 3.63) is 0 Å². The van der Waals surface area contributed by atoms with Crippen molar-refractivity contribution in [1.82, 2.24) is 5.32 Å². The predicted molar refractivity (Wildman–Crippen MR) is 70.3 cm³/mol. The van der Waals surface area contributed by atoms with E-state index in [-0.39, 0.29) is 9.52 Å². The summed E-state index contributed by atoms with van der Waals surface area (Å²) in [6.07, 6.45) is 2.22. The van der Waals surface area contributed by atoms with Crippen LogP contribution in [0.15, 0.2) is 0 Å². The van der Waals surface area contributed by atoms with Crippen molar-refractivity contribution in [2.24, 2.45) is 5.73 Å². The molecule has 0 bridgehead atoms. The number of rotatable bonds is 10. The van der Waals surface area contributed by atoms with Crippen LogP contribution >= 0.6 is 0 Å². The lowest BCUT2D eigenvalue weighted by atomic mass is 10.5. The van der Waals surface area contributed by atoms with Gasteiger partial charge in [0.05, 0.1) is 9.52 Å². The molecule has 0 radical (unpaired) electrons. The predicted octanol–water partition coefficient (Wildman–Crippen LogP) is -0.166. The SMILES string of the molecule is CO[Si](C)(C)OC[SiH2]CCCNCCN. The summed E-state index contributed by atoms with van der Waals surface area (Å²) in [5, 5.41) is 3.29. The van der Waals surface area contributed by atoms with Gasteiger partial charge in [-0.2, -0.15) is 0 Å². The average Bonchev–Trinajstić information content (AvgIpc) is 2.22. The van der Waals surface area contributed by atoms with Crippen molar-refractivity contribution in [2.75, 3.05) is 33.0 Å². The van der Waals surface area contributed by atoms with E-state index in [2.05, 4.69) is 18.4 Å². The van der Waals surface area contributed by atoms with Gasteiger partial charge in [-0.3, -0.25) is 0 Å². The van der Waals surface area contributed by atoms with Crippen LogP contribution in [0, 0.1) is 0 Å². The zero-order valence-corrected chi connectivity index (χ0v) is 12.8. The van der Waals surface area contributed by atoms with Gasteiger partial charge >= 0.3 is 8.56 Å². The third-order valence-corrected chi connectivity index (χ3v) is 6.04. The van der Waals surface area contributed by atoms with Crippen LogP contribution < -0.4 is 11.1 Å². The van der Waals surface area contributed by atoms with Crippen LogP contribution in [0.5, 0.6) is 0 Å². The fourth-order valence-corrected chi connectivity index (χ4v) is 4.60. The molecule has 0 aromatic rings. The third kappa shape index (κ3) is 10.6. The molecule has 0 fully saturated rings. The van der Waals surface area contributed by atoms with Crippen LogP contribution in [0.3, 0.4) is 0 Å². The van der Waals surface area contributed by atoms with E-state index in [9.17, 15) is 0 Å². The van der Waals surface area contributed by atoms with Gasteiger partial charge in [-0.15, -0.1) is 0 Å². The largest absolute Gasteiger partial charge is 0.399 e. The molecule has 0 aliphatic carbocycles. The minimum Gasteiger partial charge on any atom is -0.399 e. The molecule has 0 rings (SSSR count). The molecule has 0 aliphatic rings. The topological polar surface area (TPSA) is 56.5 Å². The van der Waals surface area contributed by atoms with E-state index in [1.54, 1.807) is 7.11 Å². The van der Waals surface area contributed by atoms with Gasteiger partial charge in [-0.1, -0.05) is 6.04 Å². The van der Waals surface area contributed by atoms with Gasteiger partial charge in [0.2, 0.25) is 0 Å². The molecule has 0 heterocycles. The molecular formula is C9H26N2O2Si2. The highest BCUT2D eigenvalue weighted by atomic mass is 28.4. The van der Waals surface area contributed by atoms with Crippen LogP contribution in [0.25, 0.3) is 0 Å². The zero-order chi connectivity index (χ0) is 11.6. The number of nitrogens with one attached hydrogen (secondary N) is 1. The van der Waals surface area contributed by atoms with E-state index in [1.807, 2.05) is 0 Å². The van der Waals surface area contributed by atoms with Crippen LogP contribution in [-0.4, -0.2) is 51.1 Å². The Labute approximate surface area is 97.0 Å². The Kier molecular flexibility index (Phi) is 9.67.